The second-order valence-electron chi connectivity index (χ2n) is 11.5. The minimum Gasteiger partial charge on any atom is -0.508 e. The van der Waals surface area contributed by atoms with E-state index >= 15 is 0 Å². The molecule has 4 heteroatoms. The molecule has 0 radical (unpaired) electrons. The molecule has 5 rings (SSSR count). The highest BCUT2D eigenvalue weighted by molar-refractivity contribution is 6.01. The first-order chi connectivity index (χ1) is 21.1. The largest absolute Gasteiger partial charge is 0.508 e. The Balaban J connectivity index is 2.00. The van der Waals surface area contributed by atoms with Crippen LogP contribution in [0.25, 0.3) is 44.5 Å². The third-order valence-electron chi connectivity index (χ3n) is 9.00. The van der Waals surface area contributed by atoms with Crippen molar-refractivity contribution >= 4 is 0 Å². The summed E-state index contributed by atoms with van der Waals surface area (Å²) < 4.78 is 0. The van der Waals surface area contributed by atoms with Gasteiger partial charge in [0.05, 0.1) is 0 Å². The lowest BCUT2D eigenvalue weighted by Crippen LogP contribution is -2.02. The molecule has 0 spiro atoms. The van der Waals surface area contributed by atoms with Crippen LogP contribution in [0.2, 0.25) is 0 Å². The Kier molecular flexibility index (Phi) is 8.73. The normalized spacial score (nSPS) is 11.2. The summed E-state index contributed by atoms with van der Waals surface area (Å²) in [6.45, 7) is 12.5. The summed E-state index contributed by atoms with van der Waals surface area (Å²) >= 11 is 0. The first-order valence-corrected chi connectivity index (χ1v) is 15.6. The lowest BCUT2D eigenvalue weighted by atomic mass is 9.77. The van der Waals surface area contributed by atoms with E-state index in [2.05, 4.69) is 38.1 Å². The van der Waals surface area contributed by atoms with E-state index in [9.17, 15) is 20.4 Å². The van der Waals surface area contributed by atoms with Gasteiger partial charge in [0.2, 0.25) is 0 Å². The van der Waals surface area contributed by atoms with E-state index in [1.54, 1.807) is 24.3 Å². The van der Waals surface area contributed by atoms with E-state index in [4.69, 9.17) is 0 Å². The molecule has 0 bridgehead atoms. The summed E-state index contributed by atoms with van der Waals surface area (Å²) in [6, 6.07) is 23.3. The number of aryl methyl sites for hydroxylation is 4. The molecule has 0 saturated carbocycles. The van der Waals surface area contributed by atoms with Crippen LogP contribution >= 0.6 is 0 Å². The molecular formula is C40H42O4. The monoisotopic (exact) mass is 586 g/mol. The van der Waals surface area contributed by atoms with E-state index in [-0.39, 0.29) is 23.0 Å². The van der Waals surface area contributed by atoms with E-state index in [1.807, 2.05) is 52.0 Å². The number of phenols is 4. The standard InChI is InChI=1S/C40H42O4/c1-7-25-19-29(11-15-33(25)41)37-23(5)39(31-13-17-35(43)27(9-3)21-31)40(32-14-18-36(44)28(10-4)22-32)24(6)38(37)30-12-16-34(42)26(8-2)20-30/h11-22,41-44H,7-10H2,1-6H3. The lowest BCUT2D eigenvalue weighted by molar-refractivity contribution is 0.468. The number of rotatable bonds is 8. The summed E-state index contributed by atoms with van der Waals surface area (Å²) in [5.41, 5.74) is 13.9. The van der Waals surface area contributed by atoms with Gasteiger partial charge in [-0.05, 0) is 166 Å². The first kappa shape index (κ1) is 30.7. The van der Waals surface area contributed by atoms with Crippen molar-refractivity contribution in [2.45, 2.75) is 67.2 Å². The smallest absolute Gasteiger partial charge is 0.118 e. The van der Waals surface area contributed by atoms with Gasteiger partial charge in [-0.1, -0.05) is 52.0 Å². The van der Waals surface area contributed by atoms with Crippen molar-refractivity contribution in [1.82, 2.24) is 0 Å². The van der Waals surface area contributed by atoms with Crippen LogP contribution in [0.4, 0.5) is 0 Å². The molecule has 0 aliphatic rings. The minimum atomic E-state index is 0.282. The first-order valence-electron chi connectivity index (χ1n) is 15.6. The molecule has 0 atom stereocenters. The van der Waals surface area contributed by atoms with Crippen LogP contribution in [0.1, 0.15) is 61.1 Å². The number of hydrogen-bond donors (Lipinski definition) is 4. The van der Waals surface area contributed by atoms with Crippen molar-refractivity contribution in [3.8, 4) is 67.5 Å². The summed E-state index contributed by atoms with van der Waals surface area (Å²) in [5.74, 6) is 1.13. The van der Waals surface area contributed by atoms with Gasteiger partial charge in [-0.25, -0.2) is 0 Å². The van der Waals surface area contributed by atoms with E-state index in [0.29, 0.717) is 25.7 Å². The number of hydrogen-bond acceptors (Lipinski definition) is 4. The van der Waals surface area contributed by atoms with Crippen molar-refractivity contribution in [3.05, 3.63) is 106 Å². The third kappa shape index (κ3) is 5.41. The predicted molar refractivity (Wildman–Crippen MR) is 182 cm³/mol. The fraction of sp³-hybridized carbons (Fsp3) is 0.250. The van der Waals surface area contributed by atoms with Crippen LogP contribution in [-0.2, 0) is 25.7 Å². The van der Waals surface area contributed by atoms with Crippen molar-refractivity contribution in [3.63, 3.8) is 0 Å². The average molecular weight is 587 g/mol. The van der Waals surface area contributed by atoms with Crippen molar-refractivity contribution < 1.29 is 20.4 Å². The van der Waals surface area contributed by atoms with Gasteiger partial charge in [0.25, 0.3) is 0 Å². The van der Waals surface area contributed by atoms with Gasteiger partial charge in [-0.2, -0.15) is 0 Å². The molecule has 0 aromatic heterocycles. The highest BCUT2D eigenvalue weighted by atomic mass is 16.3. The van der Waals surface area contributed by atoms with Crippen LogP contribution in [0.3, 0.4) is 0 Å². The molecular weight excluding hydrogens is 544 g/mol. The van der Waals surface area contributed by atoms with Crippen molar-refractivity contribution in [1.29, 1.82) is 0 Å². The Bertz CT molecular complexity index is 1600. The number of benzene rings is 5. The Morgan fingerprint density at radius 3 is 0.750 bits per heavy atom. The molecule has 0 amide bonds. The predicted octanol–water partition coefficient (Wildman–Crippen LogP) is 10.0. The summed E-state index contributed by atoms with van der Waals surface area (Å²) in [6.07, 6.45) is 2.79. The van der Waals surface area contributed by atoms with Crippen LogP contribution in [0.15, 0.2) is 72.8 Å². The number of aromatic hydroxyl groups is 4. The van der Waals surface area contributed by atoms with Crippen LogP contribution in [-0.4, -0.2) is 20.4 Å². The highest BCUT2D eigenvalue weighted by Crippen LogP contribution is 2.50. The highest BCUT2D eigenvalue weighted by Gasteiger charge is 2.25. The van der Waals surface area contributed by atoms with Crippen LogP contribution in [0.5, 0.6) is 23.0 Å². The molecule has 0 unspecified atom stereocenters. The fourth-order valence-electron chi connectivity index (χ4n) is 6.54. The fourth-order valence-corrected chi connectivity index (χ4v) is 6.54. The zero-order valence-corrected chi connectivity index (χ0v) is 26.5. The molecule has 0 heterocycles. The summed E-state index contributed by atoms with van der Waals surface area (Å²) in [4.78, 5) is 0. The van der Waals surface area contributed by atoms with Crippen LogP contribution < -0.4 is 0 Å². The lowest BCUT2D eigenvalue weighted by Gasteiger charge is -2.26. The Labute approximate surface area is 260 Å². The van der Waals surface area contributed by atoms with Gasteiger partial charge in [0.1, 0.15) is 23.0 Å². The van der Waals surface area contributed by atoms with Crippen molar-refractivity contribution in [2.24, 2.45) is 0 Å². The molecule has 0 saturated heterocycles. The van der Waals surface area contributed by atoms with Gasteiger partial charge < -0.3 is 20.4 Å². The Hall–Kier alpha value is -4.70. The molecule has 0 aliphatic carbocycles. The summed E-state index contributed by atoms with van der Waals surface area (Å²) in [7, 11) is 0. The minimum absolute atomic E-state index is 0.282. The van der Waals surface area contributed by atoms with Crippen LogP contribution in [0, 0.1) is 13.8 Å². The van der Waals surface area contributed by atoms with Gasteiger partial charge in [-0.3, -0.25) is 0 Å². The Morgan fingerprint density at radius 1 is 0.364 bits per heavy atom. The van der Waals surface area contributed by atoms with Crippen molar-refractivity contribution in [2.75, 3.05) is 0 Å². The SMILES string of the molecule is CCc1cc(-c2c(C)c(-c3ccc(O)c(CC)c3)c(-c3ccc(O)c(CC)c3)c(C)c2-c2ccc(O)c(CC)c2)ccc1O. The zero-order valence-electron chi connectivity index (χ0n) is 26.5. The van der Waals surface area contributed by atoms with E-state index in [0.717, 1.165) is 77.9 Å². The van der Waals surface area contributed by atoms with E-state index < -0.39 is 0 Å². The second kappa shape index (κ2) is 12.5. The van der Waals surface area contributed by atoms with Gasteiger partial charge in [-0.15, -0.1) is 0 Å². The maximum Gasteiger partial charge on any atom is 0.118 e. The summed E-state index contributed by atoms with van der Waals surface area (Å²) in [5, 5.41) is 42.4. The topological polar surface area (TPSA) is 80.9 Å². The molecule has 226 valence electrons. The molecule has 5 aromatic carbocycles. The molecule has 4 N–H and O–H groups in total. The third-order valence-corrected chi connectivity index (χ3v) is 9.00. The van der Waals surface area contributed by atoms with E-state index in [1.165, 1.54) is 0 Å². The quantitative estimate of drug-likeness (QED) is 0.146. The maximum atomic E-state index is 10.6. The molecule has 4 nitrogen and oxygen atoms in total. The molecule has 44 heavy (non-hydrogen) atoms. The second-order valence-corrected chi connectivity index (χ2v) is 11.5. The Morgan fingerprint density at radius 2 is 0.568 bits per heavy atom. The zero-order chi connectivity index (χ0) is 31.7. The molecule has 0 aliphatic heterocycles. The average Bonchev–Trinajstić information content (AvgIpc) is 3.03. The maximum absolute atomic E-state index is 10.6. The van der Waals surface area contributed by atoms with Gasteiger partial charge >= 0.3 is 0 Å². The number of phenolic OH excluding ortho intramolecular Hbond substituents is 4. The molecule has 0 fully saturated rings. The van der Waals surface area contributed by atoms with Gasteiger partial charge in [0, 0.05) is 0 Å². The molecule has 5 aromatic rings. The van der Waals surface area contributed by atoms with Gasteiger partial charge in [0.15, 0.2) is 0 Å².